The topological polar surface area (TPSA) is 20.2 Å². The van der Waals surface area contributed by atoms with Crippen molar-refractivity contribution in [3.63, 3.8) is 0 Å². The van der Waals surface area contributed by atoms with Crippen LogP contribution in [0.2, 0.25) is 0 Å². The highest BCUT2D eigenvalue weighted by atomic mass is 16.3. The molecule has 5 unspecified atom stereocenters. The molecule has 5 atom stereocenters. The van der Waals surface area contributed by atoms with Crippen LogP contribution in [0.1, 0.15) is 101 Å². The minimum absolute atomic E-state index is 0.186. The Morgan fingerprint density at radius 2 is 1.02 bits per heavy atom. The van der Waals surface area contributed by atoms with Gasteiger partial charge in [0.2, 0.25) is 0 Å². The summed E-state index contributed by atoms with van der Waals surface area (Å²) in [5.74, 6) is 2.13. The Kier molecular flexibility index (Phi) is 13.8. The first kappa shape index (κ1) is 34.8. The third-order valence-corrected chi connectivity index (χ3v) is 9.55. The van der Waals surface area contributed by atoms with E-state index in [4.69, 9.17) is 0 Å². The second-order valence-electron chi connectivity index (χ2n) is 14.3. The summed E-state index contributed by atoms with van der Waals surface area (Å²) in [4.78, 5) is 0. The summed E-state index contributed by atoms with van der Waals surface area (Å²) in [6.45, 7) is 22.7. The van der Waals surface area contributed by atoms with Gasteiger partial charge in [-0.3, -0.25) is 0 Å². The van der Waals surface area contributed by atoms with Crippen molar-refractivity contribution in [2.75, 3.05) is 0 Å². The maximum Gasteiger partial charge on any atom is 0.0571 e. The lowest BCUT2D eigenvalue weighted by atomic mass is 9.63. The monoisotopic (exact) mass is 556 g/mol. The fourth-order valence-electron chi connectivity index (χ4n) is 6.63. The van der Waals surface area contributed by atoms with Crippen molar-refractivity contribution in [2.45, 2.75) is 107 Å². The van der Waals surface area contributed by atoms with Crippen molar-refractivity contribution < 1.29 is 5.11 Å². The summed E-state index contributed by atoms with van der Waals surface area (Å²) in [7, 11) is 0. The molecule has 1 N–H and O–H groups in total. The van der Waals surface area contributed by atoms with E-state index in [2.05, 4.69) is 154 Å². The minimum Gasteiger partial charge on any atom is -0.393 e. The number of hydrogen-bond acceptors (Lipinski definition) is 1. The molecule has 2 rings (SSSR count). The third-order valence-electron chi connectivity index (χ3n) is 9.55. The quantitative estimate of drug-likeness (QED) is 0.265. The molecule has 2 aliphatic rings. The van der Waals surface area contributed by atoms with Crippen LogP contribution in [-0.4, -0.2) is 11.2 Å². The zero-order valence-electron chi connectivity index (χ0n) is 28.0. The second-order valence-corrected chi connectivity index (χ2v) is 14.3. The van der Waals surface area contributed by atoms with Crippen molar-refractivity contribution in [3.05, 3.63) is 107 Å². The standard InChI is InChI=1S/C40H60O/c1-30(18-13-20-32(3)23-25-36-34(5)22-15-28-39(36,7)8)16-11-12-17-31(2)19-14-21-33(4)24-26-37-35(6)38(41)27-29-40(37,9)10/h11-14,16-21,23-26,34-38,41H,15,22,27-29H2,1-10H3/b12-11+,18-13+,19-14+,25-23+,26-24+,30-16+,31-17+,32-20+,33-21+. The summed E-state index contributed by atoms with van der Waals surface area (Å²) in [5.41, 5.74) is 5.60. The molecule has 2 fully saturated rings. The lowest BCUT2D eigenvalue weighted by Gasteiger charge is -2.44. The first-order valence-electron chi connectivity index (χ1n) is 16.0. The molecule has 0 aromatic heterocycles. The van der Waals surface area contributed by atoms with E-state index in [1.807, 2.05) is 0 Å². The normalized spacial score (nSPS) is 30.6. The van der Waals surface area contributed by atoms with E-state index in [0.29, 0.717) is 23.2 Å². The Balaban J connectivity index is 1.86. The van der Waals surface area contributed by atoms with Crippen molar-refractivity contribution in [1.29, 1.82) is 0 Å². The molecule has 0 saturated heterocycles. The highest BCUT2D eigenvalue weighted by Gasteiger charge is 2.39. The van der Waals surface area contributed by atoms with E-state index in [0.717, 1.165) is 18.8 Å². The smallest absolute Gasteiger partial charge is 0.0571 e. The Labute approximate surface area is 254 Å². The van der Waals surface area contributed by atoms with E-state index in [-0.39, 0.29) is 11.5 Å². The summed E-state index contributed by atoms with van der Waals surface area (Å²) in [5, 5.41) is 10.3. The molecule has 0 aliphatic heterocycles. The van der Waals surface area contributed by atoms with Gasteiger partial charge in [0, 0.05) is 0 Å². The van der Waals surface area contributed by atoms with Crippen LogP contribution >= 0.6 is 0 Å². The zero-order chi connectivity index (χ0) is 30.6. The largest absolute Gasteiger partial charge is 0.393 e. The molecule has 1 nitrogen and oxygen atoms in total. The molecule has 226 valence electrons. The van der Waals surface area contributed by atoms with Gasteiger partial charge >= 0.3 is 0 Å². The van der Waals surface area contributed by atoms with Gasteiger partial charge in [0.15, 0.2) is 0 Å². The van der Waals surface area contributed by atoms with Crippen LogP contribution in [0.3, 0.4) is 0 Å². The molecule has 0 radical (unpaired) electrons. The average molecular weight is 557 g/mol. The summed E-state index contributed by atoms with van der Waals surface area (Å²) < 4.78 is 0. The van der Waals surface area contributed by atoms with Crippen LogP contribution in [0.5, 0.6) is 0 Å². The van der Waals surface area contributed by atoms with Gasteiger partial charge in [0.25, 0.3) is 0 Å². The van der Waals surface area contributed by atoms with Gasteiger partial charge in [-0.15, -0.1) is 0 Å². The molecule has 0 spiro atoms. The number of rotatable bonds is 10. The molecule has 0 aromatic rings. The molecule has 0 amide bonds. The van der Waals surface area contributed by atoms with Gasteiger partial charge in [0.05, 0.1) is 6.10 Å². The summed E-state index contributed by atoms with van der Waals surface area (Å²) in [6.07, 6.45) is 36.6. The first-order chi connectivity index (χ1) is 19.2. The molecule has 0 aromatic carbocycles. The maximum atomic E-state index is 10.3. The fourth-order valence-corrected chi connectivity index (χ4v) is 6.63. The van der Waals surface area contributed by atoms with Crippen molar-refractivity contribution >= 4 is 0 Å². The Morgan fingerprint density at radius 1 is 0.585 bits per heavy atom. The van der Waals surface area contributed by atoms with Gasteiger partial charge in [0.1, 0.15) is 0 Å². The highest BCUT2D eigenvalue weighted by Crippen LogP contribution is 2.45. The van der Waals surface area contributed by atoms with Gasteiger partial charge in [-0.2, -0.15) is 0 Å². The van der Waals surface area contributed by atoms with Crippen LogP contribution in [0, 0.1) is 34.5 Å². The molecule has 2 saturated carbocycles. The van der Waals surface area contributed by atoms with Crippen LogP contribution in [-0.2, 0) is 0 Å². The minimum atomic E-state index is -0.186. The summed E-state index contributed by atoms with van der Waals surface area (Å²) >= 11 is 0. The maximum absolute atomic E-state index is 10.3. The van der Waals surface area contributed by atoms with Crippen molar-refractivity contribution in [3.8, 4) is 0 Å². The molecule has 41 heavy (non-hydrogen) atoms. The first-order valence-corrected chi connectivity index (χ1v) is 16.0. The molecule has 2 aliphatic carbocycles. The third kappa shape index (κ3) is 11.8. The molecule has 0 bridgehead atoms. The number of aliphatic hydroxyl groups is 1. The number of allylic oxidation sites excluding steroid dienone is 18. The lowest BCUT2D eigenvalue weighted by Crippen LogP contribution is -2.40. The van der Waals surface area contributed by atoms with Crippen LogP contribution < -0.4 is 0 Å². The summed E-state index contributed by atoms with van der Waals surface area (Å²) in [6, 6.07) is 0. The SMILES string of the molecule is CC(/C=C/C=C(C)/C=C/C1C(C)CCCC1(C)C)=C\C=C\C=C(C)\C=C\C=C(C)\C=C\C1C(C)C(O)CCC1(C)C. The lowest BCUT2D eigenvalue weighted by molar-refractivity contribution is -0.00431. The predicted octanol–water partition coefficient (Wildman–Crippen LogP) is 11.4. The Bertz CT molecular complexity index is 1110. The van der Waals surface area contributed by atoms with Crippen LogP contribution in [0.25, 0.3) is 0 Å². The predicted molar refractivity (Wildman–Crippen MR) is 183 cm³/mol. The van der Waals surface area contributed by atoms with Crippen LogP contribution in [0.15, 0.2) is 107 Å². The van der Waals surface area contributed by atoms with E-state index < -0.39 is 0 Å². The molecular formula is C40H60O. The Morgan fingerprint density at radius 3 is 1.54 bits per heavy atom. The van der Waals surface area contributed by atoms with Gasteiger partial charge in [-0.25, -0.2) is 0 Å². The molecular weight excluding hydrogens is 496 g/mol. The van der Waals surface area contributed by atoms with E-state index in [1.54, 1.807) is 0 Å². The van der Waals surface area contributed by atoms with Gasteiger partial charge < -0.3 is 5.11 Å². The van der Waals surface area contributed by atoms with Crippen molar-refractivity contribution in [1.82, 2.24) is 0 Å². The molecule has 0 heterocycles. The Hall–Kier alpha value is -2.38. The number of aliphatic hydroxyl groups excluding tert-OH is 1. The van der Waals surface area contributed by atoms with E-state index >= 15 is 0 Å². The van der Waals surface area contributed by atoms with Gasteiger partial charge in [-0.05, 0) is 81.5 Å². The van der Waals surface area contributed by atoms with E-state index in [9.17, 15) is 5.11 Å². The molecule has 1 heteroatoms. The average Bonchev–Trinajstić information content (AvgIpc) is 2.88. The van der Waals surface area contributed by atoms with Gasteiger partial charge in [-0.1, -0.05) is 162 Å². The number of hydrogen-bond donors (Lipinski definition) is 1. The van der Waals surface area contributed by atoms with E-state index in [1.165, 1.54) is 41.6 Å². The fraction of sp³-hybridized carbons (Fsp3) is 0.550. The second kappa shape index (κ2) is 16.3. The highest BCUT2D eigenvalue weighted by molar-refractivity contribution is 5.32. The van der Waals surface area contributed by atoms with Crippen molar-refractivity contribution in [2.24, 2.45) is 34.5 Å². The van der Waals surface area contributed by atoms with Crippen LogP contribution in [0.4, 0.5) is 0 Å². The zero-order valence-corrected chi connectivity index (χ0v) is 28.0.